The molecule has 0 fully saturated rings. The monoisotopic (exact) mass is 287 g/mol. The Kier molecular flexibility index (Phi) is 3.03. The van der Waals surface area contributed by atoms with Gasteiger partial charge in [0.2, 0.25) is 0 Å². The lowest BCUT2D eigenvalue weighted by Crippen LogP contribution is -1.99. The van der Waals surface area contributed by atoms with Crippen LogP contribution in [0.25, 0.3) is 22.3 Å². The standard InChI is InChI=1S/C15H11ClFN3/c1-8-5-6-12-10(7-8)14(18)20-15(19-12)9-3-2-4-11(17)13(9)16/h2-7H,1H3,(H2,18,19,20). The Hall–Kier alpha value is -2.20. The molecule has 2 aromatic carbocycles. The Labute approximate surface area is 120 Å². The van der Waals surface area contributed by atoms with E-state index in [1.54, 1.807) is 12.1 Å². The van der Waals surface area contributed by atoms with Gasteiger partial charge in [-0.1, -0.05) is 29.3 Å². The van der Waals surface area contributed by atoms with Crippen LogP contribution in [-0.2, 0) is 0 Å². The van der Waals surface area contributed by atoms with Crippen molar-refractivity contribution < 1.29 is 4.39 Å². The molecular weight excluding hydrogens is 277 g/mol. The molecule has 100 valence electrons. The van der Waals surface area contributed by atoms with E-state index in [4.69, 9.17) is 17.3 Å². The highest BCUT2D eigenvalue weighted by Crippen LogP contribution is 2.30. The average molecular weight is 288 g/mol. The van der Waals surface area contributed by atoms with Crippen LogP contribution in [0.15, 0.2) is 36.4 Å². The van der Waals surface area contributed by atoms with Gasteiger partial charge >= 0.3 is 0 Å². The summed E-state index contributed by atoms with van der Waals surface area (Å²) in [4.78, 5) is 8.64. The third-order valence-electron chi connectivity index (χ3n) is 3.07. The average Bonchev–Trinajstić information content (AvgIpc) is 2.42. The molecule has 0 amide bonds. The van der Waals surface area contributed by atoms with Gasteiger partial charge in [0.15, 0.2) is 5.82 Å². The van der Waals surface area contributed by atoms with Crippen molar-refractivity contribution in [1.29, 1.82) is 0 Å². The molecule has 3 rings (SSSR count). The molecule has 5 heteroatoms. The van der Waals surface area contributed by atoms with Crippen LogP contribution in [0.5, 0.6) is 0 Å². The molecule has 0 bridgehead atoms. The number of hydrogen-bond acceptors (Lipinski definition) is 3. The molecule has 1 aromatic heterocycles. The number of hydrogen-bond donors (Lipinski definition) is 1. The first-order chi connectivity index (χ1) is 9.56. The molecule has 0 atom stereocenters. The Balaban J connectivity index is 2.28. The van der Waals surface area contributed by atoms with E-state index in [0.717, 1.165) is 10.9 Å². The predicted octanol–water partition coefficient (Wildman–Crippen LogP) is 3.98. The number of anilines is 1. The van der Waals surface area contributed by atoms with E-state index in [1.807, 2.05) is 25.1 Å². The van der Waals surface area contributed by atoms with Gasteiger partial charge in [0.05, 0.1) is 10.5 Å². The summed E-state index contributed by atoms with van der Waals surface area (Å²) in [5, 5.41) is 0.777. The molecule has 0 saturated heterocycles. The second kappa shape index (κ2) is 4.72. The summed E-state index contributed by atoms with van der Waals surface area (Å²) in [6.45, 7) is 1.97. The maximum atomic E-state index is 13.5. The molecule has 1 heterocycles. The summed E-state index contributed by atoms with van der Waals surface area (Å²) >= 11 is 5.96. The summed E-state index contributed by atoms with van der Waals surface area (Å²) in [5.74, 6) is 0.174. The molecule has 2 N–H and O–H groups in total. The van der Waals surface area contributed by atoms with Crippen LogP contribution in [0.3, 0.4) is 0 Å². The minimum atomic E-state index is -0.504. The van der Waals surface area contributed by atoms with Crippen molar-refractivity contribution >= 4 is 28.3 Å². The van der Waals surface area contributed by atoms with Crippen LogP contribution in [0, 0.1) is 12.7 Å². The minimum absolute atomic E-state index is 0.00152. The van der Waals surface area contributed by atoms with E-state index < -0.39 is 5.82 Å². The second-order valence-corrected chi connectivity index (χ2v) is 4.93. The van der Waals surface area contributed by atoms with Crippen LogP contribution in [-0.4, -0.2) is 9.97 Å². The summed E-state index contributed by atoms with van der Waals surface area (Å²) in [6.07, 6.45) is 0. The first-order valence-electron chi connectivity index (χ1n) is 6.04. The molecule has 0 radical (unpaired) electrons. The maximum Gasteiger partial charge on any atom is 0.163 e. The van der Waals surface area contributed by atoms with Crippen LogP contribution in [0.4, 0.5) is 10.2 Å². The van der Waals surface area contributed by atoms with Crippen molar-refractivity contribution in [2.45, 2.75) is 6.92 Å². The van der Waals surface area contributed by atoms with Crippen LogP contribution in [0.1, 0.15) is 5.56 Å². The van der Waals surface area contributed by atoms with Gasteiger partial charge in [-0.05, 0) is 31.2 Å². The second-order valence-electron chi connectivity index (χ2n) is 4.55. The highest BCUT2D eigenvalue weighted by molar-refractivity contribution is 6.33. The number of fused-ring (bicyclic) bond motifs is 1. The van der Waals surface area contributed by atoms with E-state index in [-0.39, 0.29) is 5.02 Å². The van der Waals surface area contributed by atoms with E-state index in [9.17, 15) is 4.39 Å². The van der Waals surface area contributed by atoms with Crippen molar-refractivity contribution in [2.24, 2.45) is 0 Å². The Morgan fingerprint density at radius 1 is 1.15 bits per heavy atom. The van der Waals surface area contributed by atoms with E-state index in [0.29, 0.717) is 22.7 Å². The first kappa shape index (κ1) is 12.8. The van der Waals surface area contributed by atoms with Gasteiger partial charge in [0, 0.05) is 10.9 Å². The quantitative estimate of drug-likeness (QED) is 0.736. The molecule has 0 aliphatic heterocycles. The summed E-state index contributed by atoms with van der Waals surface area (Å²) in [7, 11) is 0. The number of aryl methyl sites for hydroxylation is 1. The summed E-state index contributed by atoms with van der Waals surface area (Å²) in [6, 6.07) is 10.2. The fraction of sp³-hybridized carbons (Fsp3) is 0.0667. The molecule has 0 spiro atoms. The van der Waals surface area contributed by atoms with Gasteiger partial charge in [-0.25, -0.2) is 14.4 Å². The van der Waals surface area contributed by atoms with E-state index >= 15 is 0 Å². The molecule has 20 heavy (non-hydrogen) atoms. The number of rotatable bonds is 1. The largest absolute Gasteiger partial charge is 0.383 e. The number of nitrogens with two attached hydrogens (primary N) is 1. The zero-order chi connectivity index (χ0) is 14.3. The molecule has 0 unspecified atom stereocenters. The van der Waals surface area contributed by atoms with Crippen molar-refractivity contribution in [3.63, 3.8) is 0 Å². The van der Waals surface area contributed by atoms with Crippen LogP contribution in [0.2, 0.25) is 5.02 Å². The number of halogens is 2. The Morgan fingerprint density at radius 2 is 1.95 bits per heavy atom. The summed E-state index contributed by atoms with van der Waals surface area (Å²) < 4.78 is 13.5. The SMILES string of the molecule is Cc1ccc2nc(-c3cccc(F)c3Cl)nc(N)c2c1. The van der Waals surface area contributed by atoms with Crippen molar-refractivity contribution in [3.8, 4) is 11.4 Å². The van der Waals surface area contributed by atoms with Crippen LogP contribution < -0.4 is 5.73 Å². The molecule has 0 aliphatic carbocycles. The van der Waals surface area contributed by atoms with E-state index in [1.165, 1.54) is 6.07 Å². The number of aromatic nitrogens is 2. The zero-order valence-corrected chi connectivity index (χ0v) is 11.4. The lowest BCUT2D eigenvalue weighted by atomic mass is 10.1. The van der Waals surface area contributed by atoms with Gasteiger partial charge in [-0.15, -0.1) is 0 Å². The fourth-order valence-electron chi connectivity index (χ4n) is 2.06. The lowest BCUT2D eigenvalue weighted by Gasteiger charge is -2.08. The first-order valence-corrected chi connectivity index (χ1v) is 6.42. The number of benzene rings is 2. The smallest absolute Gasteiger partial charge is 0.163 e. The van der Waals surface area contributed by atoms with Gasteiger partial charge in [-0.3, -0.25) is 0 Å². The maximum absolute atomic E-state index is 13.5. The highest BCUT2D eigenvalue weighted by Gasteiger charge is 2.13. The Morgan fingerprint density at radius 3 is 2.75 bits per heavy atom. The molecular formula is C15H11ClFN3. The van der Waals surface area contributed by atoms with Gasteiger partial charge < -0.3 is 5.73 Å². The van der Waals surface area contributed by atoms with Gasteiger partial charge in [0.25, 0.3) is 0 Å². The van der Waals surface area contributed by atoms with E-state index in [2.05, 4.69) is 9.97 Å². The van der Waals surface area contributed by atoms with Crippen molar-refractivity contribution in [1.82, 2.24) is 9.97 Å². The molecule has 0 aliphatic rings. The van der Waals surface area contributed by atoms with Crippen molar-refractivity contribution in [2.75, 3.05) is 5.73 Å². The predicted molar refractivity (Wildman–Crippen MR) is 79.1 cm³/mol. The van der Waals surface area contributed by atoms with Crippen molar-refractivity contribution in [3.05, 3.63) is 52.8 Å². The van der Waals surface area contributed by atoms with Gasteiger partial charge in [-0.2, -0.15) is 0 Å². The molecule has 3 aromatic rings. The lowest BCUT2D eigenvalue weighted by molar-refractivity contribution is 0.628. The topological polar surface area (TPSA) is 51.8 Å². The molecule has 3 nitrogen and oxygen atoms in total. The number of nitrogen functional groups attached to an aromatic ring is 1. The third-order valence-corrected chi connectivity index (χ3v) is 3.46. The summed E-state index contributed by atoms with van der Waals surface area (Å²) in [5.41, 5.74) is 8.18. The fourth-order valence-corrected chi connectivity index (χ4v) is 2.27. The van der Waals surface area contributed by atoms with Crippen LogP contribution >= 0.6 is 11.6 Å². The molecule has 0 saturated carbocycles. The zero-order valence-electron chi connectivity index (χ0n) is 10.7. The highest BCUT2D eigenvalue weighted by atomic mass is 35.5. The third kappa shape index (κ3) is 2.08. The minimum Gasteiger partial charge on any atom is -0.383 e. The Bertz CT molecular complexity index is 818. The van der Waals surface area contributed by atoms with Gasteiger partial charge in [0.1, 0.15) is 11.6 Å². The normalized spacial score (nSPS) is 10.9. The number of nitrogens with zero attached hydrogens (tertiary/aromatic N) is 2.